The lowest BCUT2D eigenvalue weighted by molar-refractivity contribution is 0.0943. The normalized spacial score (nSPS) is 18.2. The van der Waals surface area contributed by atoms with Crippen LogP contribution in [0.5, 0.6) is 5.75 Å². The third-order valence-electron chi connectivity index (χ3n) is 6.84. The maximum atomic E-state index is 13.7. The van der Waals surface area contributed by atoms with Crippen molar-refractivity contribution in [3.8, 4) is 16.9 Å². The smallest absolute Gasteiger partial charge is 0.253 e. The molecule has 1 saturated carbocycles. The van der Waals surface area contributed by atoms with Crippen molar-refractivity contribution in [2.45, 2.75) is 31.6 Å². The summed E-state index contributed by atoms with van der Waals surface area (Å²) in [5.74, 6) is -2.12. The number of nitrogens with zero attached hydrogens (tertiary/aromatic N) is 1. The number of phenolic OH excluding ortho intramolecular Hbond substituents is 1. The Labute approximate surface area is 195 Å². The van der Waals surface area contributed by atoms with Crippen LogP contribution in [0.1, 0.15) is 47.5 Å². The highest BCUT2D eigenvalue weighted by Gasteiger charge is 2.25. The van der Waals surface area contributed by atoms with Crippen LogP contribution in [0.2, 0.25) is 0 Å². The summed E-state index contributed by atoms with van der Waals surface area (Å²) in [4.78, 5) is 20.1. The van der Waals surface area contributed by atoms with Gasteiger partial charge in [0.2, 0.25) is 0 Å². The largest absolute Gasteiger partial charge is 0.507 e. The highest BCUT2D eigenvalue weighted by Crippen LogP contribution is 2.38. The van der Waals surface area contributed by atoms with Crippen LogP contribution in [0.15, 0.2) is 61.1 Å². The van der Waals surface area contributed by atoms with Gasteiger partial charge in [-0.1, -0.05) is 18.2 Å². The minimum atomic E-state index is -1.14. The molecular weight excluding hydrogens is 436 g/mol. The van der Waals surface area contributed by atoms with Crippen molar-refractivity contribution in [3.63, 3.8) is 0 Å². The SMILES string of the molecule is O=C(NCC1CCC(c2ccnc3ccccc23)CC1)c1c[nH]cc1-c1cc(F)c(F)cc1O. The summed E-state index contributed by atoms with van der Waals surface area (Å²) in [6.07, 6.45) is 8.97. The van der Waals surface area contributed by atoms with Gasteiger partial charge in [0.1, 0.15) is 5.75 Å². The number of nitrogens with one attached hydrogen (secondary N) is 2. The Morgan fingerprint density at radius 3 is 2.62 bits per heavy atom. The minimum absolute atomic E-state index is 0.0652. The number of hydrogen-bond acceptors (Lipinski definition) is 3. The van der Waals surface area contributed by atoms with Crippen molar-refractivity contribution in [3.05, 3.63) is 83.8 Å². The van der Waals surface area contributed by atoms with Crippen LogP contribution in [0.3, 0.4) is 0 Å². The Balaban J connectivity index is 1.22. The Kier molecular flexibility index (Phi) is 6.01. The van der Waals surface area contributed by atoms with E-state index in [9.17, 15) is 18.7 Å². The molecule has 2 aromatic heterocycles. The van der Waals surface area contributed by atoms with Crippen LogP contribution in [0.4, 0.5) is 8.78 Å². The number of amides is 1. The van der Waals surface area contributed by atoms with E-state index in [4.69, 9.17) is 0 Å². The number of benzene rings is 2. The van der Waals surface area contributed by atoms with Gasteiger partial charge in [-0.15, -0.1) is 0 Å². The quantitative estimate of drug-likeness (QED) is 0.345. The van der Waals surface area contributed by atoms with E-state index in [1.165, 1.54) is 23.3 Å². The van der Waals surface area contributed by atoms with E-state index < -0.39 is 17.4 Å². The lowest BCUT2D eigenvalue weighted by Crippen LogP contribution is -2.31. The summed E-state index contributed by atoms with van der Waals surface area (Å²) in [6, 6.07) is 11.9. The summed E-state index contributed by atoms with van der Waals surface area (Å²) < 4.78 is 27.1. The third kappa shape index (κ3) is 4.25. The van der Waals surface area contributed by atoms with Crippen LogP contribution in [-0.4, -0.2) is 27.5 Å². The van der Waals surface area contributed by atoms with Crippen molar-refractivity contribution in [2.75, 3.05) is 6.54 Å². The third-order valence-corrected chi connectivity index (χ3v) is 6.84. The van der Waals surface area contributed by atoms with E-state index in [1.54, 1.807) is 0 Å². The zero-order valence-electron chi connectivity index (χ0n) is 18.5. The number of carbonyl (C=O) groups is 1. The van der Waals surface area contributed by atoms with Gasteiger partial charge in [0, 0.05) is 47.7 Å². The number of aromatic amines is 1. The molecule has 0 radical (unpaired) electrons. The van der Waals surface area contributed by atoms with Crippen molar-refractivity contribution < 1.29 is 18.7 Å². The number of hydrogen-bond donors (Lipinski definition) is 3. The van der Waals surface area contributed by atoms with Crippen LogP contribution in [0, 0.1) is 17.6 Å². The first-order chi connectivity index (χ1) is 16.5. The Hall–Kier alpha value is -3.74. The van der Waals surface area contributed by atoms with Gasteiger partial charge in [0.25, 0.3) is 5.91 Å². The maximum Gasteiger partial charge on any atom is 0.253 e. The molecule has 2 heterocycles. The van der Waals surface area contributed by atoms with Gasteiger partial charge in [0.15, 0.2) is 11.6 Å². The fraction of sp³-hybridized carbons (Fsp3) is 0.259. The van der Waals surface area contributed by atoms with Gasteiger partial charge >= 0.3 is 0 Å². The summed E-state index contributed by atoms with van der Waals surface area (Å²) in [6.45, 7) is 0.539. The van der Waals surface area contributed by atoms with Crippen molar-refractivity contribution in [1.82, 2.24) is 15.3 Å². The molecule has 0 aliphatic heterocycles. The number of fused-ring (bicyclic) bond motifs is 1. The zero-order valence-corrected chi connectivity index (χ0v) is 18.5. The monoisotopic (exact) mass is 461 g/mol. The van der Waals surface area contributed by atoms with E-state index in [1.807, 2.05) is 24.4 Å². The minimum Gasteiger partial charge on any atom is -0.507 e. The second kappa shape index (κ2) is 9.25. The first-order valence-corrected chi connectivity index (χ1v) is 11.5. The van der Waals surface area contributed by atoms with Gasteiger partial charge in [-0.3, -0.25) is 9.78 Å². The van der Waals surface area contributed by atoms with E-state index in [2.05, 4.69) is 27.4 Å². The van der Waals surface area contributed by atoms with Crippen LogP contribution < -0.4 is 5.32 Å². The predicted molar refractivity (Wildman–Crippen MR) is 127 cm³/mol. The number of aromatic hydroxyl groups is 1. The molecule has 1 aliphatic carbocycles. The summed E-state index contributed by atoms with van der Waals surface area (Å²) in [5.41, 5.74) is 3.02. The number of pyridine rings is 1. The van der Waals surface area contributed by atoms with Crippen LogP contribution in [-0.2, 0) is 0 Å². The molecule has 0 saturated heterocycles. The Bertz CT molecular complexity index is 1340. The van der Waals surface area contributed by atoms with Gasteiger partial charge in [0.05, 0.1) is 11.1 Å². The Morgan fingerprint density at radius 1 is 1.03 bits per heavy atom. The average Bonchev–Trinajstić information content (AvgIpc) is 3.34. The molecule has 7 heteroatoms. The first kappa shape index (κ1) is 22.1. The second-order valence-electron chi connectivity index (χ2n) is 8.91. The molecule has 34 heavy (non-hydrogen) atoms. The number of aromatic nitrogens is 2. The molecular formula is C27H25F2N3O2. The van der Waals surface area contributed by atoms with Crippen LogP contribution >= 0.6 is 0 Å². The van der Waals surface area contributed by atoms with E-state index in [0.717, 1.165) is 37.3 Å². The number of rotatable bonds is 5. The maximum absolute atomic E-state index is 13.7. The van der Waals surface area contributed by atoms with E-state index >= 15 is 0 Å². The van der Waals surface area contributed by atoms with Crippen LogP contribution in [0.25, 0.3) is 22.0 Å². The molecule has 0 bridgehead atoms. The lowest BCUT2D eigenvalue weighted by Gasteiger charge is -2.29. The number of carbonyl (C=O) groups excluding carboxylic acids is 1. The van der Waals surface area contributed by atoms with E-state index in [0.29, 0.717) is 30.0 Å². The van der Waals surface area contributed by atoms with Gasteiger partial charge in [-0.05, 0) is 61.3 Å². The second-order valence-corrected chi connectivity index (χ2v) is 8.91. The number of halogens is 2. The Morgan fingerprint density at radius 2 is 1.79 bits per heavy atom. The lowest BCUT2D eigenvalue weighted by atomic mass is 9.78. The van der Waals surface area contributed by atoms with Crippen molar-refractivity contribution >= 4 is 16.8 Å². The summed E-state index contributed by atoms with van der Waals surface area (Å²) in [7, 11) is 0. The molecule has 3 N–H and O–H groups in total. The standard InChI is InChI=1S/C27H25F2N3O2/c28-23-11-20(26(33)12-24(23)29)21-14-30-15-22(21)27(34)32-13-16-5-7-17(8-6-16)18-9-10-31-25-4-2-1-3-19(18)25/h1-4,9-12,14-17,30,33H,5-8,13H2,(H,32,34). The molecule has 5 rings (SSSR count). The summed E-state index contributed by atoms with van der Waals surface area (Å²) in [5, 5.41) is 14.2. The predicted octanol–water partition coefficient (Wildman–Crippen LogP) is 5.92. The van der Waals surface area contributed by atoms with Crippen molar-refractivity contribution in [1.29, 1.82) is 0 Å². The molecule has 4 aromatic rings. The molecule has 1 amide bonds. The van der Waals surface area contributed by atoms with Crippen molar-refractivity contribution in [2.24, 2.45) is 5.92 Å². The fourth-order valence-corrected chi connectivity index (χ4v) is 5.01. The van der Waals surface area contributed by atoms with Gasteiger partial charge in [-0.25, -0.2) is 8.78 Å². The summed E-state index contributed by atoms with van der Waals surface area (Å²) >= 11 is 0. The molecule has 2 aromatic carbocycles. The fourth-order valence-electron chi connectivity index (χ4n) is 5.01. The molecule has 0 atom stereocenters. The van der Waals surface area contributed by atoms with E-state index in [-0.39, 0.29) is 17.0 Å². The van der Waals surface area contributed by atoms with Gasteiger partial charge < -0.3 is 15.4 Å². The molecule has 0 unspecified atom stereocenters. The molecule has 174 valence electrons. The highest BCUT2D eigenvalue weighted by molar-refractivity contribution is 6.01. The number of H-pyrrole nitrogens is 1. The number of para-hydroxylation sites is 1. The molecule has 0 spiro atoms. The number of phenols is 1. The molecule has 1 fully saturated rings. The average molecular weight is 462 g/mol. The zero-order chi connectivity index (χ0) is 23.7. The van der Waals surface area contributed by atoms with Gasteiger partial charge in [-0.2, -0.15) is 0 Å². The highest BCUT2D eigenvalue weighted by atomic mass is 19.2. The molecule has 1 aliphatic rings. The topological polar surface area (TPSA) is 78.0 Å². The first-order valence-electron chi connectivity index (χ1n) is 11.5. The molecule has 5 nitrogen and oxygen atoms in total.